The highest BCUT2D eigenvalue weighted by Gasteiger charge is 2.24. The zero-order valence-electron chi connectivity index (χ0n) is 14.7. The molecule has 1 unspecified atom stereocenters. The number of rotatable bonds is 6. The Morgan fingerprint density at radius 3 is 2.76 bits per heavy atom. The summed E-state index contributed by atoms with van der Waals surface area (Å²) in [7, 11) is 1.65. The van der Waals surface area contributed by atoms with Gasteiger partial charge in [0.1, 0.15) is 5.75 Å². The Balaban J connectivity index is 1.58. The highest BCUT2D eigenvalue weighted by molar-refractivity contribution is 5.93. The number of anilines is 1. The van der Waals surface area contributed by atoms with Gasteiger partial charge in [0, 0.05) is 12.6 Å². The number of hydrogen-bond acceptors (Lipinski definition) is 3. The van der Waals surface area contributed by atoms with Crippen LogP contribution in [0.15, 0.2) is 59.6 Å². The third-order valence-corrected chi connectivity index (χ3v) is 4.57. The van der Waals surface area contributed by atoms with Gasteiger partial charge in [-0.3, -0.25) is 9.89 Å². The molecule has 132 valence electrons. The fourth-order valence-corrected chi connectivity index (χ4v) is 3.26. The number of methoxy groups -OCH3 is 1. The van der Waals surface area contributed by atoms with Crippen molar-refractivity contribution in [3.05, 3.63) is 60.2 Å². The fraction of sp³-hybridized carbons (Fsp3) is 0.350. The van der Waals surface area contributed by atoms with Gasteiger partial charge < -0.3 is 15.8 Å². The average Bonchev–Trinajstić information content (AvgIpc) is 3.08. The topological polar surface area (TPSA) is 62.9 Å². The molecular weight excluding hydrogens is 312 g/mol. The van der Waals surface area contributed by atoms with Crippen LogP contribution in [0.5, 0.6) is 5.75 Å². The summed E-state index contributed by atoms with van der Waals surface area (Å²) in [5.74, 6) is 1.18. The van der Waals surface area contributed by atoms with Gasteiger partial charge in [0.25, 0.3) is 0 Å². The third-order valence-electron chi connectivity index (χ3n) is 4.57. The maximum absolute atomic E-state index is 6.07. The van der Waals surface area contributed by atoms with Crippen molar-refractivity contribution in [2.24, 2.45) is 10.7 Å². The lowest BCUT2D eigenvalue weighted by Crippen LogP contribution is -2.33. The van der Waals surface area contributed by atoms with Gasteiger partial charge in [0.2, 0.25) is 0 Å². The number of nitrogens with one attached hydrogen (secondary N) is 1. The Labute approximate surface area is 149 Å². The second-order valence-electron chi connectivity index (χ2n) is 6.30. The summed E-state index contributed by atoms with van der Waals surface area (Å²) in [5.41, 5.74) is 8.25. The summed E-state index contributed by atoms with van der Waals surface area (Å²) in [6, 6.07) is 18.7. The van der Waals surface area contributed by atoms with E-state index in [2.05, 4.69) is 45.5 Å². The monoisotopic (exact) mass is 338 g/mol. The van der Waals surface area contributed by atoms with Gasteiger partial charge in [-0.25, -0.2) is 0 Å². The molecule has 1 saturated heterocycles. The molecule has 1 fully saturated rings. The van der Waals surface area contributed by atoms with Crippen LogP contribution >= 0.6 is 0 Å². The molecule has 2 aromatic carbocycles. The van der Waals surface area contributed by atoms with E-state index in [0.717, 1.165) is 30.9 Å². The predicted molar refractivity (Wildman–Crippen MR) is 103 cm³/mol. The van der Waals surface area contributed by atoms with Crippen LogP contribution in [0.1, 0.15) is 18.4 Å². The van der Waals surface area contributed by atoms with E-state index in [4.69, 9.17) is 10.5 Å². The summed E-state index contributed by atoms with van der Waals surface area (Å²) < 4.78 is 5.33. The lowest BCUT2D eigenvalue weighted by Gasteiger charge is -2.23. The molecule has 1 aliphatic heterocycles. The molecule has 0 radical (unpaired) electrons. The molecule has 5 heteroatoms. The zero-order chi connectivity index (χ0) is 17.5. The highest BCUT2D eigenvalue weighted by atomic mass is 16.5. The van der Waals surface area contributed by atoms with E-state index in [9.17, 15) is 0 Å². The minimum atomic E-state index is 0.427. The second kappa shape index (κ2) is 8.53. The normalized spacial score (nSPS) is 18.3. The van der Waals surface area contributed by atoms with E-state index in [1.807, 2.05) is 24.3 Å². The Kier molecular flexibility index (Phi) is 5.90. The van der Waals surface area contributed by atoms with Crippen molar-refractivity contribution in [3.8, 4) is 5.75 Å². The average molecular weight is 338 g/mol. The molecule has 1 aliphatic rings. The smallest absolute Gasteiger partial charge is 0.193 e. The van der Waals surface area contributed by atoms with Crippen LogP contribution < -0.4 is 15.8 Å². The number of hydrogen-bond donors (Lipinski definition) is 2. The second-order valence-corrected chi connectivity index (χ2v) is 6.30. The molecule has 3 rings (SSSR count). The molecule has 0 bridgehead atoms. The van der Waals surface area contributed by atoms with Crippen molar-refractivity contribution in [1.82, 2.24) is 4.90 Å². The first-order valence-corrected chi connectivity index (χ1v) is 8.74. The molecule has 1 heterocycles. The van der Waals surface area contributed by atoms with E-state index in [0.29, 0.717) is 18.5 Å². The zero-order valence-corrected chi connectivity index (χ0v) is 14.7. The van der Waals surface area contributed by atoms with Crippen molar-refractivity contribution in [2.45, 2.75) is 25.4 Å². The first-order chi connectivity index (χ1) is 12.3. The van der Waals surface area contributed by atoms with Crippen molar-refractivity contribution in [3.63, 3.8) is 0 Å². The summed E-state index contributed by atoms with van der Waals surface area (Å²) >= 11 is 0. The lowest BCUT2D eigenvalue weighted by atomic mass is 10.2. The Morgan fingerprint density at radius 2 is 1.96 bits per heavy atom. The van der Waals surface area contributed by atoms with Crippen LogP contribution in [0.3, 0.4) is 0 Å². The molecule has 2 aromatic rings. The van der Waals surface area contributed by atoms with Gasteiger partial charge in [0.05, 0.1) is 19.3 Å². The molecule has 0 aliphatic carbocycles. The minimum Gasteiger partial charge on any atom is -0.495 e. The quantitative estimate of drug-likeness (QED) is 0.628. The first kappa shape index (κ1) is 17.3. The van der Waals surface area contributed by atoms with Gasteiger partial charge in [-0.15, -0.1) is 0 Å². The maximum atomic E-state index is 6.07. The fourth-order valence-electron chi connectivity index (χ4n) is 3.26. The molecular formula is C20H26N4O. The van der Waals surface area contributed by atoms with E-state index >= 15 is 0 Å². The van der Waals surface area contributed by atoms with Gasteiger partial charge in [-0.1, -0.05) is 42.5 Å². The molecule has 25 heavy (non-hydrogen) atoms. The molecule has 0 amide bonds. The van der Waals surface area contributed by atoms with Crippen LogP contribution in [0.4, 0.5) is 5.69 Å². The number of guanidine groups is 1. The molecule has 0 saturated carbocycles. The number of ether oxygens (including phenoxy) is 1. The van der Waals surface area contributed by atoms with E-state index in [-0.39, 0.29) is 0 Å². The van der Waals surface area contributed by atoms with Gasteiger partial charge in [-0.05, 0) is 37.1 Å². The van der Waals surface area contributed by atoms with Crippen LogP contribution in [0.25, 0.3) is 0 Å². The summed E-state index contributed by atoms with van der Waals surface area (Å²) in [6.45, 7) is 2.80. The van der Waals surface area contributed by atoms with E-state index < -0.39 is 0 Å². The highest BCUT2D eigenvalue weighted by Crippen LogP contribution is 2.23. The van der Waals surface area contributed by atoms with Crippen molar-refractivity contribution in [1.29, 1.82) is 0 Å². The standard InChI is InChI=1S/C20H26N4O/c1-25-19-12-6-5-11-18(19)23-20(21)22-14-17-10-7-13-24(17)15-16-8-3-2-4-9-16/h2-6,8-9,11-12,17H,7,10,13-15H2,1H3,(H3,21,22,23). The van der Waals surface area contributed by atoms with Gasteiger partial charge in [-0.2, -0.15) is 0 Å². The molecule has 5 nitrogen and oxygen atoms in total. The maximum Gasteiger partial charge on any atom is 0.193 e. The summed E-state index contributed by atoms with van der Waals surface area (Å²) in [5, 5.41) is 3.13. The SMILES string of the molecule is COc1ccccc1NC(N)=NCC1CCCN1Cc1ccccc1. The predicted octanol–water partition coefficient (Wildman–Crippen LogP) is 3.09. The number of aliphatic imine (C=N–C) groups is 1. The largest absolute Gasteiger partial charge is 0.495 e. The number of nitrogens with zero attached hydrogens (tertiary/aromatic N) is 2. The van der Waals surface area contributed by atoms with Crippen molar-refractivity contribution < 1.29 is 4.74 Å². The lowest BCUT2D eigenvalue weighted by molar-refractivity contribution is 0.250. The Morgan fingerprint density at radius 1 is 1.20 bits per heavy atom. The molecule has 3 N–H and O–H groups in total. The number of nitrogens with two attached hydrogens (primary N) is 1. The first-order valence-electron chi connectivity index (χ1n) is 8.74. The third kappa shape index (κ3) is 4.73. The van der Waals surface area contributed by atoms with Crippen LogP contribution in [-0.4, -0.2) is 37.1 Å². The number of para-hydroxylation sites is 2. The van der Waals surface area contributed by atoms with E-state index in [1.165, 1.54) is 12.0 Å². The van der Waals surface area contributed by atoms with E-state index in [1.54, 1.807) is 7.11 Å². The van der Waals surface area contributed by atoms with Crippen LogP contribution in [0.2, 0.25) is 0 Å². The molecule has 0 aromatic heterocycles. The van der Waals surface area contributed by atoms with Gasteiger partial charge in [0.15, 0.2) is 5.96 Å². The Bertz CT molecular complexity index is 702. The number of benzene rings is 2. The van der Waals surface area contributed by atoms with Crippen LogP contribution in [0, 0.1) is 0 Å². The summed E-state index contributed by atoms with van der Waals surface area (Å²) in [6.07, 6.45) is 2.38. The molecule has 0 spiro atoms. The van der Waals surface area contributed by atoms with Crippen molar-refractivity contribution in [2.75, 3.05) is 25.5 Å². The Hall–Kier alpha value is -2.53. The summed E-state index contributed by atoms with van der Waals surface area (Å²) in [4.78, 5) is 7.05. The molecule has 1 atom stereocenters. The van der Waals surface area contributed by atoms with Crippen molar-refractivity contribution >= 4 is 11.6 Å². The van der Waals surface area contributed by atoms with Crippen LogP contribution in [-0.2, 0) is 6.54 Å². The number of likely N-dealkylation sites (tertiary alicyclic amines) is 1. The van der Waals surface area contributed by atoms with Gasteiger partial charge >= 0.3 is 0 Å². The minimum absolute atomic E-state index is 0.427.